The van der Waals surface area contributed by atoms with E-state index in [1.54, 1.807) is 0 Å². The van der Waals surface area contributed by atoms with Gasteiger partial charge in [0.2, 0.25) is 0 Å². The minimum Gasteiger partial charge on any atom is -0.370 e. The maximum Gasteiger partial charge on any atom is 0.193 e. The van der Waals surface area contributed by atoms with Crippen LogP contribution in [0.5, 0.6) is 0 Å². The van der Waals surface area contributed by atoms with E-state index in [4.69, 9.17) is 5.73 Å². The van der Waals surface area contributed by atoms with Gasteiger partial charge in [-0.15, -0.1) is 0 Å². The van der Waals surface area contributed by atoms with Crippen LogP contribution in [0.1, 0.15) is 32.1 Å². The van der Waals surface area contributed by atoms with Crippen molar-refractivity contribution in [2.24, 2.45) is 28.5 Å². The van der Waals surface area contributed by atoms with Crippen molar-refractivity contribution in [2.75, 3.05) is 11.9 Å². The first-order valence-corrected chi connectivity index (χ1v) is 7.65. The number of nitrogens with zero attached hydrogens (tertiary/aromatic N) is 1. The summed E-state index contributed by atoms with van der Waals surface area (Å²) in [6.45, 7) is 0.678. The third-order valence-electron chi connectivity index (χ3n) is 4.63. The molecule has 21 heavy (non-hydrogen) atoms. The van der Waals surface area contributed by atoms with Gasteiger partial charge in [0.05, 0.1) is 5.69 Å². The summed E-state index contributed by atoms with van der Waals surface area (Å²) in [7, 11) is 0. The molecule has 0 radical (unpaired) electrons. The molecule has 114 valence electrons. The molecular formula is C16H21F2N3. The van der Waals surface area contributed by atoms with Crippen LogP contribution in [-0.2, 0) is 0 Å². The van der Waals surface area contributed by atoms with Crippen molar-refractivity contribution in [1.29, 1.82) is 0 Å². The summed E-state index contributed by atoms with van der Waals surface area (Å²) in [5, 5.41) is 2.65. The number of aliphatic imine (C=N–C) groups is 1. The summed E-state index contributed by atoms with van der Waals surface area (Å²) in [6, 6.07) is 3.23. The monoisotopic (exact) mass is 293 g/mol. The molecule has 3 N–H and O–H groups in total. The van der Waals surface area contributed by atoms with Crippen LogP contribution in [-0.4, -0.2) is 12.5 Å². The van der Waals surface area contributed by atoms with E-state index in [0.29, 0.717) is 12.5 Å². The molecular weight excluding hydrogens is 272 g/mol. The lowest BCUT2D eigenvalue weighted by molar-refractivity contribution is 0.354. The van der Waals surface area contributed by atoms with Gasteiger partial charge in [-0.05, 0) is 55.6 Å². The van der Waals surface area contributed by atoms with Crippen LogP contribution in [0.3, 0.4) is 0 Å². The predicted molar refractivity (Wildman–Crippen MR) is 80.0 cm³/mol. The van der Waals surface area contributed by atoms with Gasteiger partial charge in [0.1, 0.15) is 11.6 Å². The molecule has 0 aromatic heterocycles. The van der Waals surface area contributed by atoms with Crippen molar-refractivity contribution >= 4 is 11.6 Å². The second-order valence-corrected chi connectivity index (χ2v) is 6.17. The van der Waals surface area contributed by atoms with E-state index in [2.05, 4.69) is 10.3 Å². The van der Waals surface area contributed by atoms with Crippen molar-refractivity contribution in [3.63, 3.8) is 0 Å². The van der Waals surface area contributed by atoms with Gasteiger partial charge in [-0.1, -0.05) is 6.42 Å². The lowest BCUT2D eigenvalue weighted by Gasteiger charge is -2.17. The van der Waals surface area contributed by atoms with Crippen LogP contribution in [0.4, 0.5) is 14.5 Å². The zero-order valence-electron chi connectivity index (χ0n) is 12.0. The third kappa shape index (κ3) is 3.52. The molecule has 1 aromatic rings. The molecule has 0 heterocycles. The smallest absolute Gasteiger partial charge is 0.193 e. The number of rotatable bonds is 4. The molecule has 0 saturated heterocycles. The Kier molecular flexibility index (Phi) is 4.08. The second kappa shape index (κ2) is 6.00. The van der Waals surface area contributed by atoms with Gasteiger partial charge in [-0.25, -0.2) is 8.78 Å². The van der Waals surface area contributed by atoms with Crippen molar-refractivity contribution in [3.05, 3.63) is 29.8 Å². The molecule has 0 aliphatic heterocycles. The largest absolute Gasteiger partial charge is 0.370 e. The van der Waals surface area contributed by atoms with Crippen LogP contribution in [0.2, 0.25) is 0 Å². The highest BCUT2D eigenvalue weighted by atomic mass is 19.1. The van der Waals surface area contributed by atoms with E-state index in [1.807, 2.05) is 0 Å². The zero-order chi connectivity index (χ0) is 14.8. The highest BCUT2D eigenvalue weighted by Crippen LogP contribution is 2.48. The van der Waals surface area contributed by atoms with Crippen LogP contribution in [0.25, 0.3) is 0 Å². The van der Waals surface area contributed by atoms with Gasteiger partial charge in [0.25, 0.3) is 0 Å². The molecule has 2 unspecified atom stereocenters. The van der Waals surface area contributed by atoms with Gasteiger partial charge >= 0.3 is 0 Å². The van der Waals surface area contributed by atoms with Gasteiger partial charge in [0, 0.05) is 12.6 Å². The molecule has 1 aromatic carbocycles. The number of hydrogen-bond donors (Lipinski definition) is 2. The molecule has 3 nitrogen and oxygen atoms in total. The number of nitrogens with two attached hydrogens (primary N) is 1. The van der Waals surface area contributed by atoms with E-state index < -0.39 is 11.6 Å². The lowest BCUT2D eigenvalue weighted by atomic mass is 9.91. The van der Waals surface area contributed by atoms with Crippen molar-refractivity contribution in [1.82, 2.24) is 0 Å². The van der Waals surface area contributed by atoms with Crippen molar-refractivity contribution in [2.45, 2.75) is 32.1 Å². The second-order valence-electron chi connectivity index (χ2n) is 6.17. The average Bonchev–Trinajstić information content (AvgIpc) is 3.19. The van der Waals surface area contributed by atoms with E-state index in [0.717, 1.165) is 30.0 Å². The highest BCUT2D eigenvalue weighted by Gasteiger charge is 2.38. The Bertz CT molecular complexity index is 540. The van der Waals surface area contributed by atoms with Crippen LogP contribution in [0.15, 0.2) is 23.2 Å². The Balaban J connectivity index is 1.59. The number of halogens is 2. The standard InChI is InChI=1S/C16H21F2N3/c17-12-6-7-14(18)15(8-12)21-16(19)20-9-11-2-1-3-13(11)10-4-5-10/h6-8,10-11,13H,1-5,9H2,(H3,19,20,21). The Labute approximate surface area is 123 Å². The molecule has 2 aliphatic carbocycles. The number of anilines is 1. The fourth-order valence-electron chi connectivity index (χ4n) is 3.42. The Morgan fingerprint density at radius 3 is 2.81 bits per heavy atom. The van der Waals surface area contributed by atoms with Crippen molar-refractivity contribution < 1.29 is 8.78 Å². The average molecular weight is 293 g/mol. The molecule has 2 aliphatic rings. The SMILES string of the molecule is NC(=NCC1CCCC1C1CC1)Nc1cc(F)ccc1F. The molecule has 5 heteroatoms. The quantitative estimate of drug-likeness (QED) is 0.659. The van der Waals surface area contributed by atoms with Crippen molar-refractivity contribution in [3.8, 4) is 0 Å². The van der Waals surface area contributed by atoms with Crippen LogP contribution >= 0.6 is 0 Å². The summed E-state index contributed by atoms with van der Waals surface area (Å²) in [5.74, 6) is 1.38. The first-order valence-electron chi connectivity index (χ1n) is 7.65. The topological polar surface area (TPSA) is 50.4 Å². The van der Waals surface area contributed by atoms with E-state index in [-0.39, 0.29) is 11.6 Å². The predicted octanol–water partition coefficient (Wildman–Crippen LogP) is 3.52. The fourth-order valence-corrected chi connectivity index (χ4v) is 3.42. The highest BCUT2D eigenvalue weighted by molar-refractivity contribution is 5.92. The maximum absolute atomic E-state index is 13.5. The van der Waals surface area contributed by atoms with Gasteiger partial charge < -0.3 is 11.1 Å². The number of guanidine groups is 1. The molecule has 3 rings (SSSR count). The summed E-state index contributed by atoms with van der Waals surface area (Å²) in [5.41, 5.74) is 5.82. The first-order chi connectivity index (χ1) is 10.1. The molecule has 0 bridgehead atoms. The minimum atomic E-state index is -0.536. The Hall–Kier alpha value is -1.65. The van der Waals surface area contributed by atoms with Gasteiger partial charge in [-0.2, -0.15) is 0 Å². The van der Waals surface area contributed by atoms with E-state index in [9.17, 15) is 8.78 Å². The summed E-state index contributed by atoms with van der Waals surface area (Å²) in [6.07, 6.45) is 6.48. The molecule has 2 atom stereocenters. The number of hydrogen-bond acceptors (Lipinski definition) is 1. The maximum atomic E-state index is 13.5. The van der Waals surface area contributed by atoms with E-state index in [1.165, 1.54) is 32.1 Å². The fraction of sp³-hybridized carbons (Fsp3) is 0.562. The Morgan fingerprint density at radius 1 is 1.24 bits per heavy atom. The van der Waals surface area contributed by atoms with Gasteiger partial charge in [-0.3, -0.25) is 4.99 Å². The molecule has 0 spiro atoms. The Morgan fingerprint density at radius 2 is 2.05 bits per heavy atom. The minimum absolute atomic E-state index is 0.0291. The zero-order valence-corrected chi connectivity index (χ0v) is 12.0. The van der Waals surface area contributed by atoms with Crippen LogP contribution < -0.4 is 11.1 Å². The number of benzene rings is 1. The van der Waals surface area contributed by atoms with Crippen LogP contribution in [0, 0.1) is 29.4 Å². The third-order valence-corrected chi connectivity index (χ3v) is 4.63. The number of nitrogens with one attached hydrogen (secondary N) is 1. The molecule has 2 saturated carbocycles. The summed E-state index contributed by atoms with van der Waals surface area (Å²) >= 11 is 0. The lowest BCUT2D eigenvalue weighted by Crippen LogP contribution is -2.25. The molecule has 0 amide bonds. The first kappa shape index (κ1) is 14.3. The van der Waals surface area contributed by atoms with Gasteiger partial charge in [0.15, 0.2) is 5.96 Å². The molecule has 2 fully saturated rings. The summed E-state index contributed by atoms with van der Waals surface area (Å²) < 4.78 is 26.6. The normalized spacial score (nSPS) is 26.1. The van der Waals surface area contributed by atoms with E-state index >= 15 is 0 Å². The summed E-state index contributed by atoms with van der Waals surface area (Å²) in [4.78, 5) is 4.33.